The van der Waals surface area contributed by atoms with Gasteiger partial charge in [-0.1, -0.05) is 74.6 Å². The van der Waals surface area contributed by atoms with E-state index in [1.165, 1.54) is 10.4 Å². The Morgan fingerprint density at radius 1 is 1.07 bits per heavy atom. The van der Waals surface area contributed by atoms with Crippen molar-refractivity contribution in [2.45, 2.75) is 33.9 Å². The van der Waals surface area contributed by atoms with Crippen molar-refractivity contribution in [3.8, 4) is 0 Å². The van der Waals surface area contributed by atoms with Gasteiger partial charge in [0.2, 0.25) is 0 Å². The smallest absolute Gasteiger partial charge is 0.103 e. The van der Waals surface area contributed by atoms with E-state index in [0.717, 1.165) is 0 Å². The Hall–Kier alpha value is -0.823. The maximum Gasteiger partial charge on any atom is 0.107 e. The Kier molecular flexibility index (Phi) is 3.24. The molecule has 1 aromatic rings. The molecule has 0 nitrogen and oxygen atoms in total. The molecule has 82 valence electrons. The lowest BCUT2D eigenvalue weighted by atomic mass is 9.97. The van der Waals surface area contributed by atoms with E-state index in [9.17, 15) is 0 Å². The fraction of sp³-hybridized carbons (Fsp3) is 0.429. The van der Waals surface area contributed by atoms with E-state index in [1.54, 1.807) is 0 Å². The molecule has 0 saturated heterocycles. The number of hydrogen-bond donors (Lipinski definition) is 0. The minimum Gasteiger partial charge on any atom is -0.103 e. The van der Waals surface area contributed by atoms with Crippen molar-refractivity contribution in [2.24, 2.45) is 5.41 Å². The minimum atomic E-state index is -1.51. The zero-order chi connectivity index (χ0) is 11.7. The Labute approximate surface area is 95.0 Å². The van der Waals surface area contributed by atoms with E-state index in [0.29, 0.717) is 0 Å². The highest BCUT2D eigenvalue weighted by atomic mass is 28.3. The lowest BCUT2D eigenvalue weighted by Gasteiger charge is -2.34. The first-order valence-corrected chi connectivity index (χ1v) is 8.51. The van der Waals surface area contributed by atoms with Gasteiger partial charge in [-0.25, -0.2) is 0 Å². The molecule has 1 aromatic carbocycles. The summed E-state index contributed by atoms with van der Waals surface area (Å²) in [7, 11) is -1.51. The predicted octanol–water partition coefficient (Wildman–Crippen LogP) is 3.74. The van der Waals surface area contributed by atoms with Crippen molar-refractivity contribution in [2.75, 3.05) is 0 Å². The van der Waals surface area contributed by atoms with Crippen molar-refractivity contribution in [3.63, 3.8) is 0 Å². The molecule has 0 amide bonds. The molecule has 0 aliphatic carbocycles. The monoisotopic (exact) mass is 218 g/mol. The Balaban J connectivity index is 3.09. The van der Waals surface area contributed by atoms with E-state index in [1.807, 2.05) is 0 Å². The van der Waals surface area contributed by atoms with Crippen LogP contribution < -0.4 is 5.19 Å². The van der Waals surface area contributed by atoms with Crippen LogP contribution in [0.2, 0.25) is 13.1 Å². The first-order valence-electron chi connectivity index (χ1n) is 5.51. The highest BCUT2D eigenvalue weighted by molar-refractivity contribution is 6.95. The predicted molar refractivity (Wildman–Crippen MR) is 72.2 cm³/mol. The first-order chi connectivity index (χ1) is 6.76. The van der Waals surface area contributed by atoms with Crippen molar-refractivity contribution >= 4 is 13.3 Å². The summed E-state index contributed by atoms with van der Waals surface area (Å²) in [6.45, 7) is 15.9. The van der Waals surface area contributed by atoms with E-state index in [2.05, 4.69) is 70.8 Å². The van der Waals surface area contributed by atoms with Crippen LogP contribution in [-0.4, -0.2) is 8.07 Å². The highest BCUT2D eigenvalue weighted by Gasteiger charge is 2.33. The largest absolute Gasteiger partial charge is 0.107 e. The molecule has 0 heterocycles. The van der Waals surface area contributed by atoms with E-state index in [-0.39, 0.29) is 5.41 Å². The topological polar surface area (TPSA) is 0 Å². The summed E-state index contributed by atoms with van der Waals surface area (Å²) >= 11 is 0. The summed E-state index contributed by atoms with van der Waals surface area (Å²) in [4.78, 5) is 0. The standard InChI is InChI=1S/C14H22Si/c1-12(14(2,3)4)15(5,6)13-10-8-7-9-11-13/h7-11H,1H2,2-6H3. The molecule has 0 saturated carbocycles. The van der Waals surface area contributed by atoms with Gasteiger partial charge in [-0.15, -0.1) is 6.58 Å². The summed E-state index contributed by atoms with van der Waals surface area (Å²) < 4.78 is 0. The molecule has 0 bridgehead atoms. The molecule has 1 rings (SSSR count). The van der Waals surface area contributed by atoms with Gasteiger partial charge >= 0.3 is 0 Å². The number of rotatable bonds is 2. The van der Waals surface area contributed by atoms with Crippen molar-refractivity contribution in [1.82, 2.24) is 0 Å². The fourth-order valence-corrected chi connectivity index (χ4v) is 5.22. The Bertz CT molecular complexity index is 341. The number of benzene rings is 1. The molecule has 0 aliphatic rings. The first kappa shape index (κ1) is 12.2. The van der Waals surface area contributed by atoms with Crippen LogP contribution in [0.15, 0.2) is 42.1 Å². The van der Waals surface area contributed by atoms with Gasteiger partial charge in [0.25, 0.3) is 0 Å². The van der Waals surface area contributed by atoms with Gasteiger partial charge in [-0.3, -0.25) is 0 Å². The molecular formula is C14H22Si. The number of hydrogen-bond acceptors (Lipinski definition) is 0. The van der Waals surface area contributed by atoms with Crippen LogP contribution in [0.3, 0.4) is 0 Å². The van der Waals surface area contributed by atoms with Crippen LogP contribution in [0, 0.1) is 5.41 Å². The molecule has 0 radical (unpaired) electrons. The molecule has 0 spiro atoms. The quantitative estimate of drug-likeness (QED) is 0.663. The van der Waals surface area contributed by atoms with E-state index in [4.69, 9.17) is 0 Å². The Morgan fingerprint density at radius 2 is 1.53 bits per heavy atom. The van der Waals surface area contributed by atoms with E-state index >= 15 is 0 Å². The third-order valence-electron chi connectivity index (χ3n) is 3.16. The minimum absolute atomic E-state index is 0.214. The lowest BCUT2D eigenvalue weighted by molar-refractivity contribution is 0.527. The zero-order valence-corrected chi connectivity index (χ0v) is 11.6. The van der Waals surface area contributed by atoms with Crippen molar-refractivity contribution in [1.29, 1.82) is 0 Å². The maximum atomic E-state index is 4.34. The lowest BCUT2D eigenvalue weighted by Crippen LogP contribution is -2.47. The molecule has 0 unspecified atom stereocenters. The average Bonchev–Trinajstić information content (AvgIpc) is 2.16. The average molecular weight is 218 g/mol. The summed E-state index contributed by atoms with van der Waals surface area (Å²) in [5.74, 6) is 0. The van der Waals surface area contributed by atoms with Crippen molar-refractivity contribution < 1.29 is 0 Å². The molecule has 0 atom stereocenters. The third-order valence-corrected chi connectivity index (χ3v) is 7.19. The molecule has 15 heavy (non-hydrogen) atoms. The van der Waals surface area contributed by atoms with Crippen LogP contribution in [0.4, 0.5) is 0 Å². The van der Waals surface area contributed by atoms with Gasteiger partial charge in [0.05, 0.1) is 0 Å². The van der Waals surface area contributed by atoms with Gasteiger partial charge in [-0.05, 0) is 5.41 Å². The summed E-state index contributed by atoms with van der Waals surface area (Å²) in [6, 6.07) is 10.8. The fourth-order valence-electron chi connectivity index (χ4n) is 1.97. The van der Waals surface area contributed by atoms with Gasteiger partial charge in [0, 0.05) is 0 Å². The van der Waals surface area contributed by atoms with Crippen LogP contribution in [0.1, 0.15) is 20.8 Å². The SMILES string of the molecule is C=C(C(C)(C)C)[Si](C)(C)c1ccccc1. The van der Waals surface area contributed by atoms with Gasteiger partial charge in [0.1, 0.15) is 8.07 Å². The molecular weight excluding hydrogens is 196 g/mol. The molecule has 0 aliphatic heterocycles. The van der Waals surface area contributed by atoms with Crippen LogP contribution in [0.5, 0.6) is 0 Å². The zero-order valence-electron chi connectivity index (χ0n) is 10.6. The highest BCUT2D eigenvalue weighted by Crippen LogP contribution is 2.31. The summed E-state index contributed by atoms with van der Waals surface area (Å²) in [5.41, 5.74) is 0.214. The second-order valence-electron chi connectivity index (χ2n) is 5.72. The molecule has 0 aromatic heterocycles. The van der Waals surface area contributed by atoms with Gasteiger partial charge < -0.3 is 0 Å². The normalized spacial score (nSPS) is 12.6. The maximum absolute atomic E-state index is 4.34. The van der Waals surface area contributed by atoms with Gasteiger partial charge in [0.15, 0.2) is 0 Å². The Morgan fingerprint density at radius 3 is 1.93 bits per heavy atom. The molecule has 1 heteroatoms. The third kappa shape index (κ3) is 2.60. The molecule has 0 fully saturated rings. The molecule has 0 N–H and O–H groups in total. The van der Waals surface area contributed by atoms with Crippen LogP contribution in [-0.2, 0) is 0 Å². The van der Waals surface area contributed by atoms with Crippen LogP contribution in [0.25, 0.3) is 0 Å². The van der Waals surface area contributed by atoms with Crippen molar-refractivity contribution in [3.05, 3.63) is 42.1 Å². The second kappa shape index (κ2) is 3.97. The van der Waals surface area contributed by atoms with Gasteiger partial charge in [-0.2, -0.15) is 0 Å². The summed E-state index contributed by atoms with van der Waals surface area (Å²) in [6.07, 6.45) is 0. The second-order valence-corrected chi connectivity index (χ2v) is 10.2. The van der Waals surface area contributed by atoms with E-state index < -0.39 is 8.07 Å². The van der Waals surface area contributed by atoms with Crippen LogP contribution >= 0.6 is 0 Å². The number of allylic oxidation sites excluding steroid dienone is 1. The summed E-state index contributed by atoms with van der Waals surface area (Å²) in [5, 5.41) is 2.89.